The third kappa shape index (κ3) is 5.58. The van der Waals surface area contributed by atoms with Crippen LogP contribution in [0.15, 0.2) is 23.1 Å². The molecule has 0 saturated carbocycles. The van der Waals surface area contributed by atoms with Crippen LogP contribution in [0.5, 0.6) is 0 Å². The largest absolute Gasteiger partial charge is 0.328 e. The van der Waals surface area contributed by atoms with Gasteiger partial charge in [0.15, 0.2) is 0 Å². The number of halogens is 1. The average Bonchev–Trinajstić information content (AvgIpc) is 2.37. The third-order valence-corrected chi connectivity index (χ3v) is 4.37. The molecular weight excluding hydrogens is 318 g/mol. The van der Waals surface area contributed by atoms with E-state index in [1.54, 1.807) is 13.8 Å². The van der Waals surface area contributed by atoms with Gasteiger partial charge in [0.2, 0.25) is 10.0 Å². The van der Waals surface area contributed by atoms with Gasteiger partial charge in [0.05, 0.1) is 9.82 Å². The average molecular weight is 338 g/mol. The molecule has 0 aromatic heterocycles. The number of non-ortho nitro benzene ring substituents is 1. The first-order valence-electron chi connectivity index (χ1n) is 6.30. The number of nitro benzene ring substituents is 1. The van der Waals surface area contributed by atoms with Crippen molar-refractivity contribution in [2.24, 2.45) is 5.73 Å². The van der Waals surface area contributed by atoms with E-state index in [0.29, 0.717) is 18.4 Å². The lowest BCUT2D eigenvalue weighted by molar-refractivity contribution is -0.385. The second kappa shape index (κ2) is 8.28. The summed E-state index contributed by atoms with van der Waals surface area (Å²) in [6, 6.07) is 3.75. The van der Waals surface area contributed by atoms with Gasteiger partial charge in [0.1, 0.15) is 0 Å². The molecule has 0 heterocycles. The van der Waals surface area contributed by atoms with Crippen LogP contribution < -0.4 is 10.5 Å². The zero-order valence-corrected chi connectivity index (χ0v) is 13.5. The van der Waals surface area contributed by atoms with Crippen molar-refractivity contribution < 1.29 is 13.3 Å². The van der Waals surface area contributed by atoms with Crippen molar-refractivity contribution in [2.45, 2.75) is 37.6 Å². The minimum atomic E-state index is -3.76. The van der Waals surface area contributed by atoms with Crippen molar-refractivity contribution in [1.29, 1.82) is 0 Å². The number of aryl methyl sites for hydroxylation is 1. The molecule has 0 bridgehead atoms. The van der Waals surface area contributed by atoms with E-state index in [1.807, 2.05) is 0 Å². The number of sulfonamides is 1. The van der Waals surface area contributed by atoms with Gasteiger partial charge in [-0.05, 0) is 25.3 Å². The molecule has 1 unspecified atom stereocenters. The van der Waals surface area contributed by atoms with Crippen LogP contribution in [0.25, 0.3) is 0 Å². The van der Waals surface area contributed by atoms with Crippen molar-refractivity contribution in [1.82, 2.24) is 4.72 Å². The highest BCUT2D eigenvalue weighted by molar-refractivity contribution is 7.89. The maximum Gasteiger partial charge on any atom is 0.270 e. The molecule has 0 spiro atoms. The Bertz CT molecular complexity index is 590. The molecule has 0 aliphatic heterocycles. The number of nitrogens with zero attached hydrogens (tertiary/aromatic N) is 1. The Balaban J connectivity index is 0.00000400. The zero-order valence-electron chi connectivity index (χ0n) is 11.9. The Morgan fingerprint density at radius 1 is 1.43 bits per heavy atom. The Morgan fingerprint density at radius 3 is 2.52 bits per heavy atom. The predicted molar refractivity (Wildman–Crippen MR) is 83.2 cm³/mol. The Labute approximate surface area is 130 Å². The summed E-state index contributed by atoms with van der Waals surface area (Å²) in [4.78, 5) is 10.1. The highest BCUT2D eigenvalue weighted by Gasteiger charge is 2.21. The monoisotopic (exact) mass is 337 g/mol. The van der Waals surface area contributed by atoms with Crippen LogP contribution in [0.4, 0.5) is 5.69 Å². The molecule has 7 nitrogen and oxygen atoms in total. The number of hydrogen-bond donors (Lipinski definition) is 2. The van der Waals surface area contributed by atoms with Crippen LogP contribution in [0.3, 0.4) is 0 Å². The topological polar surface area (TPSA) is 115 Å². The molecular formula is C12H20ClN3O4S. The van der Waals surface area contributed by atoms with Crippen LogP contribution in [-0.4, -0.2) is 25.9 Å². The first-order valence-corrected chi connectivity index (χ1v) is 7.78. The smallest absolute Gasteiger partial charge is 0.270 e. The summed E-state index contributed by atoms with van der Waals surface area (Å²) >= 11 is 0. The standard InChI is InChI=1S/C12H19N3O4S.ClH/c1-3-10-4-5-11(15(16)17)8-12(10)20(18,19)14-7-6-9(2)13;/h4-5,8-9,14H,3,6-7,13H2,1-2H3;1H. The Hall–Kier alpha value is -1.22. The normalized spacial score (nSPS) is 12.5. The van der Waals surface area contributed by atoms with Gasteiger partial charge in [0.25, 0.3) is 5.69 Å². The lowest BCUT2D eigenvalue weighted by Gasteiger charge is -2.11. The SMILES string of the molecule is CCc1ccc([N+](=O)[O-])cc1S(=O)(=O)NCCC(C)N.Cl. The van der Waals surface area contributed by atoms with Gasteiger partial charge >= 0.3 is 0 Å². The maximum absolute atomic E-state index is 12.2. The molecule has 1 aromatic rings. The predicted octanol–water partition coefficient (Wildman–Crippen LogP) is 1.59. The van der Waals surface area contributed by atoms with E-state index < -0.39 is 14.9 Å². The van der Waals surface area contributed by atoms with E-state index in [2.05, 4.69) is 4.72 Å². The summed E-state index contributed by atoms with van der Waals surface area (Å²) in [5, 5.41) is 10.8. The molecule has 1 rings (SSSR count). The summed E-state index contributed by atoms with van der Waals surface area (Å²) < 4.78 is 26.8. The number of rotatable bonds is 7. The van der Waals surface area contributed by atoms with Crippen molar-refractivity contribution in [3.8, 4) is 0 Å². The van der Waals surface area contributed by atoms with Crippen molar-refractivity contribution in [2.75, 3.05) is 6.54 Å². The minimum absolute atomic E-state index is 0. The quantitative estimate of drug-likeness (QED) is 0.579. The number of hydrogen-bond acceptors (Lipinski definition) is 5. The highest BCUT2D eigenvalue weighted by atomic mass is 35.5. The first kappa shape index (κ1) is 19.8. The van der Waals surface area contributed by atoms with Gasteiger partial charge in [0, 0.05) is 24.7 Å². The summed E-state index contributed by atoms with van der Waals surface area (Å²) in [5.41, 5.74) is 5.86. The van der Waals surface area contributed by atoms with Gasteiger partial charge in [-0.15, -0.1) is 12.4 Å². The number of nitrogens with one attached hydrogen (secondary N) is 1. The third-order valence-electron chi connectivity index (χ3n) is 2.82. The number of benzene rings is 1. The van der Waals surface area contributed by atoms with Gasteiger partial charge in [-0.3, -0.25) is 10.1 Å². The number of nitro groups is 1. The first-order chi connectivity index (χ1) is 9.27. The van der Waals surface area contributed by atoms with E-state index in [1.165, 1.54) is 12.1 Å². The molecule has 0 saturated heterocycles. The minimum Gasteiger partial charge on any atom is -0.328 e. The Morgan fingerprint density at radius 2 is 2.05 bits per heavy atom. The fourth-order valence-electron chi connectivity index (χ4n) is 1.70. The summed E-state index contributed by atoms with van der Waals surface area (Å²) in [6.45, 7) is 3.77. The summed E-state index contributed by atoms with van der Waals surface area (Å²) in [5.74, 6) is 0. The van der Waals surface area contributed by atoms with Gasteiger partial charge < -0.3 is 5.73 Å². The molecule has 0 aliphatic rings. The van der Waals surface area contributed by atoms with Crippen LogP contribution in [0, 0.1) is 10.1 Å². The Kier molecular flexibility index (Phi) is 7.80. The molecule has 3 N–H and O–H groups in total. The summed E-state index contributed by atoms with van der Waals surface area (Å²) in [7, 11) is -3.76. The molecule has 0 aliphatic carbocycles. The van der Waals surface area contributed by atoms with Crippen LogP contribution >= 0.6 is 12.4 Å². The highest BCUT2D eigenvalue weighted by Crippen LogP contribution is 2.22. The van der Waals surface area contributed by atoms with E-state index >= 15 is 0 Å². The van der Waals surface area contributed by atoms with Gasteiger partial charge in [-0.1, -0.05) is 13.0 Å². The maximum atomic E-state index is 12.2. The lowest BCUT2D eigenvalue weighted by Crippen LogP contribution is -2.29. The van der Waals surface area contributed by atoms with E-state index in [0.717, 1.165) is 6.07 Å². The molecule has 0 fully saturated rings. The fraction of sp³-hybridized carbons (Fsp3) is 0.500. The molecule has 0 amide bonds. The summed E-state index contributed by atoms with van der Waals surface area (Å²) in [6.07, 6.45) is 0.969. The zero-order chi connectivity index (χ0) is 15.3. The van der Waals surface area contributed by atoms with Crippen molar-refractivity contribution in [3.05, 3.63) is 33.9 Å². The van der Waals surface area contributed by atoms with Crippen LogP contribution in [0.2, 0.25) is 0 Å². The van der Waals surface area contributed by atoms with Gasteiger partial charge in [-0.25, -0.2) is 13.1 Å². The second-order valence-corrected chi connectivity index (χ2v) is 6.30. The van der Waals surface area contributed by atoms with Crippen LogP contribution in [-0.2, 0) is 16.4 Å². The number of nitrogens with two attached hydrogens (primary N) is 1. The van der Waals surface area contributed by atoms with Crippen molar-refractivity contribution >= 4 is 28.1 Å². The van der Waals surface area contributed by atoms with E-state index in [4.69, 9.17) is 5.73 Å². The molecule has 9 heteroatoms. The fourth-order valence-corrected chi connectivity index (χ4v) is 3.07. The van der Waals surface area contributed by atoms with Gasteiger partial charge in [-0.2, -0.15) is 0 Å². The second-order valence-electron chi connectivity index (χ2n) is 4.57. The molecule has 0 radical (unpaired) electrons. The lowest BCUT2D eigenvalue weighted by atomic mass is 10.1. The molecule has 120 valence electrons. The van der Waals surface area contributed by atoms with Crippen LogP contribution in [0.1, 0.15) is 25.8 Å². The molecule has 1 aromatic carbocycles. The molecule has 1 atom stereocenters. The van der Waals surface area contributed by atoms with E-state index in [9.17, 15) is 18.5 Å². The van der Waals surface area contributed by atoms with E-state index in [-0.39, 0.29) is 35.6 Å². The molecule has 21 heavy (non-hydrogen) atoms. The van der Waals surface area contributed by atoms with Crippen molar-refractivity contribution in [3.63, 3.8) is 0 Å².